The van der Waals surface area contributed by atoms with Crippen molar-refractivity contribution in [3.63, 3.8) is 0 Å². The van der Waals surface area contributed by atoms with Crippen LogP contribution in [0.3, 0.4) is 0 Å². The Bertz CT molecular complexity index is 1100. The average molecular weight is 316 g/mol. The highest BCUT2D eigenvalue weighted by Gasteiger charge is 2.21. The van der Waals surface area contributed by atoms with E-state index in [1.54, 1.807) is 19.4 Å². The van der Waals surface area contributed by atoms with Crippen LogP contribution >= 0.6 is 0 Å². The molecule has 1 aromatic heterocycles. The van der Waals surface area contributed by atoms with Gasteiger partial charge in [-0.1, -0.05) is 12.1 Å². The van der Waals surface area contributed by atoms with Crippen molar-refractivity contribution in [2.24, 2.45) is 4.99 Å². The molecule has 0 fully saturated rings. The van der Waals surface area contributed by atoms with Crippen LogP contribution < -0.4 is 10.4 Å². The van der Waals surface area contributed by atoms with E-state index in [1.165, 1.54) is 0 Å². The van der Waals surface area contributed by atoms with E-state index in [2.05, 4.69) is 4.99 Å². The second-order valence-electron chi connectivity index (χ2n) is 5.44. The monoisotopic (exact) mass is 316 g/mol. The van der Waals surface area contributed by atoms with Gasteiger partial charge in [0, 0.05) is 29.1 Å². The Morgan fingerprint density at radius 1 is 1.29 bits per heavy atom. The lowest BCUT2D eigenvalue weighted by atomic mass is 9.95. The van der Waals surface area contributed by atoms with Crippen LogP contribution in [0, 0.1) is 11.3 Å². The third-order valence-electron chi connectivity index (χ3n) is 4.15. The maximum atomic E-state index is 12.4. The number of nitrogens with zero attached hydrogens (tertiary/aromatic N) is 2. The summed E-state index contributed by atoms with van der Waals surface area (Å²) >= 11 is 0. The van der Waals surface area contributed by atoms with Crippen LogP contribution in [0.2, 0.25) is 0 Å². The Balaban J connectivity index is 2.13. The molecule has 0 N–H and O–H groups in total. The molecule has 2 heterocycles. The molecule has 0 radical (unpaired) electrons. The molecule has 116 valence electrons. The van der Waals surface area contributed by atoms with Gasteiger partial charge >= 0.3 is 5.63 Å². The molecule has 5 heteroatoms. The minimum absolute atomic E-state index is 0.00498. The second kappa shape index (κ2) is 5.36. The highest BCUT2D eigenvalue weighted by molar-refractivity contribution is 6.01. The van der Waals surface area contributed by atoms with Crippen molar-refractivity contribution in [2.45, 2.75) is 6.42 Å². The first-order valence-electron chi connectivity index (χ1n) is 7.42. The van der Waals surface area contributed by atoms with Crippen molar-refractivity contribution >= 4 is 22.9 Å². The molecule has 1 aliphatic heterocycles. The molecule has 0 amide bonds. The van der Waals surface area contributed by atoms with Gasteiger partial charge in [-0.2, -0.15) is 5.26 Å². The highest BCUT2D eigenvalue weighted by atomic mass is 16.5. The summed E-state index contributed by atoms with van der Waals surface area (Å²) in [4.78, 5) is 16.6. The Morgan fingerprint density at radius 2 is 2.17 bits per heavy atom. The molecule has 4 rings (SSSR count). The molecule has 24 heavy (non-hydrogen) atoms. The van der Waals surface area contributed by atoms with Crippen molar-refractivity contribution in [1.29, 1.82) is 5.26 Å². The Kier molecular flexibility index (Phi) is 3.17. The fourth-order valence-corrected chi connectivity index (χ4v) is 3.04. The zero-order valence-corrected chi connectivity index (χ0v) is 12.9. The van der Waals surface area contributed by atoms with Crippen molar-refractivity contribution in [3.8, 4) is 22.9 Å². The van der Waals surface area contributed by atoms with Gasteiger partial charge in [-0.15, -0.1) is 0 Å². The standard InChI is InChI=1S/C19H12N2O3/c1-23-12-4-2-3-11(9-12)17-14-5-6-16-13(7-8-21-16)18(14)24-19(22)15(17)10-20/h2-6,8-9H,7H2,1H3. The van der Waals surface area contributed by atoms with Crippen molar-refractivity contribution in [3.05, 3.63) is 57.9 Å². The zero-order chi connectivity index (χ0) is 16.7. The summed E-state index contributed by atoms with van der Waals surface area (Å²) in [5.74, 6) is 0.655. The lowest BCUT2D eigenvalue weighted by Crippen LogP contribution is -2.07. The Hall–Kier alpha value is -3.39. The number of rotatable bonds is 2. The van der Waals surface area contributed by atoms with Crippen molar-refractivity contribution in [1.82, 2.24) is 0 Å². The van der Waals surface area contributed by atoms with Gasteiger partial charge in [0.15, 0.2) is 0 Å². The first-order valence-corrected chi connectivity index (χ1v) is 7.42. The van der Waals surface area contributed by atoms with E-state index in [-0.39, 0.29) is 5.56 Å². The maximum absolute atomic E-state index is 12.4. The average Bonchev–Trinajstić information content (AvgIpc) is 3.09. The van der Waals surface area contributed by atoms with E-state index in [0.29, 0.717) is 23.3 Å². The van der Waals surface area contributed by atoms with Gasteiger partial charge in [0.05, 0.1) is 12.8 Å². The SMILES string of the molecule is COc1cccc(-c2c(C#N)c(=O)oc3c4c(ccc23)N=CC4)c1. The normalized spacial score (nSPS) is 12.2. The number of aliphatic imine (C=N–C) groups is 1. The molecule has 0 aliphatic carbocycles. The van der Waals surface area contributed by atoms with E-state index in [9.17, 15) is 10.1 Å². The van der Waals surface area contributed by atoms with Gasteiger partial charge < -0.3 is 9.15 Å². The molecule has 2 aromatic carbocycles. The third-order valence-corrected chi connectivity index (χ3v) is 4.15. The lowest BCUT2D eigenvalue weighted by Gasteiger charge is -2.11. The third kappa shape index (κ3) is 2.01. The van der Waals surface area contributed by atoms with E-state index in [0.717, 1.165) is 22.2 Å². The topological polar surface area (TPSA) is 75.6 Å². The van der Waals surface area contributed by atoms with Gasteiger partial charge in [-0.3, -0.25) is 4.99 Å². The van der Waals surface area contributed by atoms with Crippen LogP contribution in [0.15, 0.2) is 50.6 Å². The van der Waals surface area contributed by atoms with Crippen LogP contribution in [-0.2, 0) is 6.42 Å². The van der Waals surface area contributed by atoms with Crippen molar-refractivity contribution < 1.29 is 9.15 Å². The summed E-state index contributed by atoms with van der Waals surface area (Å²) in [7, 11) is 1.58. The molecule has 0 bridgehead atoms. The summed E-state index contributed by atoms with van der Waals surface area (Å²) in [6.07, 6.45) is 2.40. The maximum Gasteiger partial charge on any atom is 0.354 e. The van der Waals surface area contributed by atoms with Crippen LogP contribution in [0.1, 0.15) is 11.1 Å². The van der Waals surface area contributed by atoms with Gasteiger partial charge in [0.1, 0.15) is 23.0 Å². The summed E-state index contributed by atoms with van der Waals surface area (Å²) < 4.78 is 10.7. The smallest absolute Gasteiger partial charge is 0.354 e. The number of ether oxygens (including phenoxy) is 1. The molecule has 0 saturated heterocycles. The number of benzene rings is 2. The lowest BCUT2D eigenvalue weighted by molar-refractivity contribution is 0.415. The molecule has 1 aliphatic rings. The van der Waals surface area contributed by atoms with Crippen LogP contribution in [0.5, 0.6) is 5.75 Å². The minimum atomic E-state index is -0.636. The number of fused-ring (bicyclic) bond motifs is 3. The summed E-state index contributed by atoms with van der Waals surface area (Å²) in [5, 5.41) is 10.2. The summed E-state index contributed by atoms with van der Waals surface area (Å²) in [6, 6.07) is 13.0. The molecule has 0 saturated carbocycles. The largest absolute Gasteiger partial charge is 0.497 e. The zero-order valence-electron chi connectivity index (χ0n) is 12.9. The summed E-state index contributed by atoms with van der Waals surface area (Å²) in [5.41, 5.74) is 2.83. The first kappa shape index (κ1) is 14.2. The first-order chi connectivity index (χ1) is 11.7. The molecular formula is C19H12N2O3. The fraction of sp³-hybridized carbons (Fsp3) is 0.105. The number of hydrogen-bond donors (Lipinski definition) is 0. The fourth-order valence-electron chi connectivity index (χ4n) is 3.04. The van der Waals surface area contributed by atoms with E-state index in [1.807, 2.05) is 36.4 Å². The van der Waals surface area contributed by atoms with Gasteiger partial charge in [-0.05, 0) is 29.8 Å². The molecular weight excluding hydrogens is 304 g/mol. The van der Waals surface area contributed by atoms with E-state index in [4.69, 9.17) is 9.15 Å². The molecule has 0 spiro atoms. The number of hydrogen-bond acceptors (Lipinski definition) is 5. The molecule has 0 unspecified atom stereocenters. The van der Waals surface area contributed by atoms with Gasteiger partial charge in [0.2, 0.25) is 0 Å². The predicted molar refractivity (Wildman–Crippen MR) is 91.0 cm³/mol. The van der Waals surface area contributed by atoms with Crippen LogP contribution in [0.25, 0.3) is 22.1 Å². The highest BCUT2D eigenvalue weighted by Crippen LogP contribution is 2.37. The molecule has 5 nitrogen and oxygen atoms in total. The van der Waals surface area contributed by atoms with Crippen LogP contribution in [-0.4, -0.2) is 13.3 Å². The van der Waals surface area contributed by atoms with Gasteiger partial charge in [0.25, 0.3) is 0 Å². The quantitative estimate of drug-likeness (QED) is 0.677. The second-order valence-corrected chi connectivity index (χ2v) is 5.44. The van der Waals surface area contributed by atoms with Crippen molar-refractivity contribution in [2.75, 3.05) is 7.11 Å². The minimum Gasteiger partial charge on any atom is -0.497 e. The number of nitriles is 1. The van der Waals surface area contributed by atoms with E-state index < -0.39 is 5.63 Å². The Labute approximate surface area is 137 Å². The van der Waals surface area contributed by atoms with E-state index >= 15 is 0 Å². The Morgan fingerprint density at radius 3 is 2.96 bits per heavy atom. The molecule has 0 atom stereocenters. The predicted octanol–water partition coefficient (Wildman–Crippen LogP) is 3.60. The molecule has 3 aromatic rings. The van der Waals surface area contributed by atoms with Crippen LogP contribution in [0.4, 0.5) is 5.69 Å². The number of methoxy groups -OCH3 is 1. The van der Waals surface area contributed by atoms with Gasteiger partial charge in [-0.25, -0.2) is 4.79 Å². The summed E-state index contributed by atoms with van der Waals surface area (Å²) in [6.45, 7) is 0.